The summed E-state index contributed by atoms with van der Waals surface area (Å²) < 4.78 is 20.7. The third kappa shape index (κ3) is 4.78. The van der Waals surface area contributed by atoms with Crippen molar-refractivity contribution in [2.75, 3.05) is 13.7 Å². The van der Waals surface area contributed by atoms with E-state index in [0.717, 1.165) is 0 Å². The Morgan fingerprint density at radius 3 is 2.48 bits per heavy atom. The molecule has 1 fully saturated rings. The van der Waals surface area contributed by atoms with Crippen molar-refractivity contribution in [1.29, 1.82) is 0 Å². The number of ether oxygens (including phenoxy) is 4. The number of nitrogens with zero attached hydrogens (tertiary/aromatic N) is 3. The average molecular weight is 319 g/mol. The van der Waals surface area contributed by atoms with E-state index in [0.29, 0.717) is 0 Å². The Morgan fingerprint density at radius 1 is 1.33 bits per heavy atom. The van der Waals surface area contributed by atoms with Gasteiger partial charge in [-0.2, -0.15) is 0 Å². The highest BCUT2D eigenvalue weighted by Crippen LogP contribution is 2.30. The largest absolute Gasteiger partial charge is 0.463 e. The van der Waals surface area contributed by atoms with Gasteiger partial charge in [0.1, 0.15) is 36.4 Å². The van der Waals surface area contributed by atoms with E-state index in [9.17, 15) is 9.59 Å². The summed E-state index contributed by atoms with van der Waals surface area (Å²) >= 11 is 4.21. The molecule has 21 heavy (non-hydrogen) atoms. The van der Waals surface area contributed by atoms with Crippen LogP contribution in [-0.4, -0.2) is 55.4 Å². The van der Waals surface area contributed by atoms with E-state index in [4.69, 9.17) is 24.5 Å². The topological polar surface area (TPSA) is 120 Å². The number of methoxy groups -OCH3 is 1. The average Bonchev–Trinajstić information content (AvgIpc) is 2.39. The normalized spacial score (nSPS) is 31.9. The Morgan fingerprint density at radius 2 is 2.00 bits per heavy atom. The number of carbonyl (C=O) groups excluding carboxylic acids is 2. The second-order valence-corrected chi connectivity index (χ2v) is 4.85. The summed E-state index contributed by atoms with van der Waals surface area (Å²) in [6.07, 6.45) is -2.45. The molecule has 0 saturated carbocycles. The predicted octanol–water partition coefficient (Wildman–Crippen LogP) is 0.830. The lowest BCUT2D eigenvalue weighted by atomic mass is 9.97. The number of carbonyl (C=O) groups is 2. The van der Waals surface area contributed by atoms with Gasteiger partial charge in [-0.05, 0) is 5.53 Å². The highest BCUT2D eigenvalue weighted by molar-refractivity contribution is 7.80. The van der Waals surface area contributed by atoms with Crippen LogP contribution in [0.15, 0.2) is 5.11 Å². The van der Waals surface area contributed by atoms with E-state index in [-0.39, 0.29) is 6.61 Å². The molecule has 0 N–H and O–H groups in total. The molecule has 1 heterocycles. The molecule has 0 aromatic carbocycles. The Kier molecular flexibility index (Phi) is 6.76. The van der Waals surface area contributed by atoms with Crippen molar-refractivity contribution in [3.05, 3.63) is 10.4 Å². The van der Waals surface area contributed by atoms with Gasteiger partial charge in [-0.25, -0.2) is 0 Å². The first-order valence-electron chi connectivity index (χ1n) is 6.11. The van der Waals surface area contributed by atoms with Crippen LogP contribution in [0.3, 0.4) is 0 Å². The zero-order valence-corrected chi connectivity index (χ0v) is 12.7. The van der Waals surface area contributed by atoms with Crippen LogP contribution in [-0.2, 0) is 28.5 Å². The Labute approximate surface area is 126 Å². The van der Waals surface area contributed by atoms with Crippen molar-refractivity contribution in [2.45, 2.75) is 43.6 Å². The number of hydrogen-bond donors (Lipinski definition) is 1. The Hall–Kier alpha value is -1.48. The molecule has 0 spiro atoms. The van der Waals surface area contributed by atoms with Crippen molar-refractivity contribution in [1.82, 2.24) is 0 Å². The maximum Gasteiger partial charge on any atom is 0.303 e. The van der Waals surface area contributed by atoms with E-state index in [1.807, 2.05) is 0 Å². The van der Waals surface area contributed by atoms with E-state index >= 15 is 0 Å². The van der Waals surface area contributed by atoms with Crippen LogP contribution in [0.4, 0.5) is 0 Å². The summed E-state index contributed by atoms with van der Waals surface area (Å²) in [5, 5.41) is 3.61. The maximum absolute atomic E-state index is 11.2. The van der Waals surface area contributed by atoms with Crippen LogP contribution in [0.2, 0.25) is 0 Å². The molecule has 9 nitrogen and oxygen atoms in total. The van der Waals surface area contributed by atoms with Crippen molar-refractivity contribution >= 4 is 24.6 Å². The van der Waals surface area contributed by atoms with Gasteiger partial charge < -0.3 is 18.9 Å². The lowest BCUT2D eigenvalue weighted by Crippen LogP contribution is -2.58. The van der Waals surface area contributed by atoms with Crippen LogP contribution in [0, 0.1) is 0 Å². The number of hydrogen-bond acceptors (Lipinski definition) is 8. The minimum atomic E-state index is -0.939. The molecule has 0 aromatic heterocycles. The molecule has 0 unspecified atom stereocenters. The minimum absolute atomic E-state index is 0.155. The lowest BCUT2D eigenvalue weighted by Gasteiger charge is -2.42. The first-order valence-corrected chi connectivity index (χ1v) is 6.63. The van der Waals surface area contributed by atoms with Crippen LogP contribution < -0.4 is 0 Å². The number of rotatable bonds is 5. The molecule has 1 rings (SSSR count). The van der Waals surface area contributed by atoms with Gasteiger partial charge in [-0.3, -0.25) is 9.59 Å². The molecule has 1 aliphatic heterocycles. The summed E-state index contributed by atoms with van der Waals surface area (Å²) in [4.78, 5) is 24.9. The molecular formula is C11H17N3O6S. The van der Waals surface area contributed by atoms with Gasteiger partial charge in [-0.15, -0.1) is 12.6 Å². The van der Waals surface area contributed by atoms with Gasteiger partial charge in [0.05, 0.1) is 0 Å². The van der Waals surface area contributed by atoms with Crippen LogP contribution >= 0.6 is 12.6 Å². The molecule has 1 saturated heterocycles. The van der Waals surface area contributed by atoms with Gasteiger partial charge in [-0.1, -0.05) is 5.11 Å². The molecule has 0 aromatic rings. The van der Waals surface area contributed by atoms with Crippen molar-refractivity contribution in [3.8, 4) is 0 Å². The van der Waals surface area contributed by atoms with E-state index in [1.165, 1.54) is 21.0 Å². The second-order valence-electron chi connectivity index (χ2n) is 4.34. The lowest BCUT2D eigenvalue weighted by molar-refractivity contribution is -0.195. The fourth-order valence-corrected chi connectivity index (χ4v) is 2.48. The highest BCUT2D eigenvalue weighted by atomic mass is 32.1. The summed E-state index contributed by atoms with van der Waals surface area (Å²) in [5.41, 5.74) is 7.96. The van der Waals surface area contributed by atoms with Crippen molar-refractivity contribution in [2.24, 2.45) is 5.11 Å². The van der Waals surface area contributed by atoms with Crippen molar-refractivity contribution < 1.29 is 28.5 Å². The number of azide groups is 1. The van der Waals surface area contributed by atoms with Gasteiger partial charge in [0.25, 0.3) is 0 Å². The molecule has 0 bridgehead atoms. The SMILES string of the molecule is CO[C@@H]1[C@@H](N=[N+]=[N-])[C@@H](OC(C)=O)[C@@H](COC(C)=O)O[C@@H]1S. The fraction of sp³-hybridized carbons (Fsp3) is 0.818. The molecular weight excluding hydrogens is 302 g/mol. The Bertz CT molecular complexity index is 442. The summed E-state index contributed by atoms with van der Waals surface area (Å²) in [7, 11) is 1.40. The maximum atomic E-state index is 11.2. The van der Waals surface area contributed by atoms with Crippen LogP contribution in [0.25, 0.3) is 10.4 Å². The van der Waals surface area contributed by atoms with Gasteiger partial charge in [0, 0.05) is 25.9 Å². The van der Waals surface area contributed by atoms with Gasteiger partial charge in [0.2, 0.25) is 0 Å². The summed E-state index contributed by atoms with van der Waals surface area (Å²) in [6.45, 7) is 2.30. The molecule has 0 aliphatic carbocycles. The van der Waals surface area contributed by atoms with Gasteiger partial charge >= 0.3 is 11.9 Å². The molecule has 0 radical (unpaired) electrons. The third-order valence-electron chi connectivity index (χ3n) is 2.84. The molecule has 10 heteroatoms. The van der Waals surface area contributed by atoms with Crippen molar-refractivity contribution in [3.63, 3.8) is 0 Å². The first-order chi connectivity index (χ1) is 9.90. The first kappa shape index (κ1) is 17.6. The molecule has 1 aliphatic rings. The van der Waals surface area contributed by atoms with E-state index in [1.54, 1.807) is 0 Å². The third-order valence-corrected chi connectivity index (χ3v) is 3.26. The zero-order valence-electron chi connectivity index (χ0n) is 11.8. The number of thiol groups is 1. The van der Waals surface area contributed by atoms with Crippen LogP contribution in [0.1, 0.15) is 13.8 Å². The minimum Gasteiger partial charge on any atom is -0.463 e. The smallest absolute Gasteiger partial charge is 0.303 e. The van der Waals surface area contributed by atoms with Crippen LogP contribution in [0.5, 0.6) is 0 Å². The van der Waals surface area contributed by atoms with E-state index in [2.05, 4.69) is 22.7 Å². The molecule has 0 amide bonds. The summed E-state index contributed by atoms with van der Waals surface area (Å²) in [6, 6.07) is -0.847. The predicted molar refractivity (Wildman–Crippen MR) is 73.6 cm³/mol. The summed E-state index contributed by atoms with van der Waals surface area (Å²) in [5.74, 6) is -1.09. The second kappa shape index (κ2) is 8.08. The monoisotopic (exact) mass is 319 g/mol. The fourth-order valence-electron chi connectivity index (χ4n) is 2.03. The standard InChI is InChI=1S/C11H17N3O6S/c1-5(15)18-4-7-9(19-6(2)16)8(13-14-12)10(17-3)11(21)20-7/h7-11,21H,4H2,1-3H3/t7-,8+,9+,10-,11-/m1/s1. The van der Waals surface area contributed by atoms with Gasteiger partial charge in [0.15, 0.2) is 0 Å². The van der Waals surface area contributed by atoms with E-state index < -0.39 is 41.7 Å². The zero-order chi connectivity index (χ0) is 16.0. The highest BCUT2D eigenvalue weighted by Gasteiger charge is 2.47. The quantitative estimate of drug-likeness (QED) is 0.263. The molecule has 5 atom stereocenters. The number of esters is 2. The molecule has 118 valence electrons. The Balaban J connectivity index is 3.01.